The molecule has 0 saturated carbocycles. The molecule has 1 heterocycles. The lowest BCUT2D eigenvalue weighted by Gasteiger charge is -2.08. The van der Waals surface area contributed by atoms with E-state index in [1.54, 1.807) is 13.2 Å². The van der Waals surface area contributed by atoms with Crippen LogP contribution in [0.4, 0.5) is 0 Å². The lowest BCUT2D eigenvalue weighted by atomic mass is 10.0. The Morgan fingerprint density at radius 1 is 1.58 bits per heavy atom. The van der Waals surface area contributed by atoms with Crippen LogP contribution in [0.15, 0.2) is 6.20 Å². The minimum Gasteiger partial charge on any atom is -0.387 e. The van der Waals surface area contributed by atoms with E-state index in [4.69, 9.17) is 0 Å². The van der Waals surface area contributed by atoms with Gasteiger partial charge in [-0.2, -0.15) is 15.0 Å². The van der Waals surface area contributed by atoms with Gasteiger partial charge >= 0.3 is 0 Å². The maximum absolute atomic E-state index is 9.59. The number of nitrogens with zero attached hydrogens (tertiary/aromatic N) is 3. The summed E-state index contributed by atoms with van der Waals surface area (Å²) in [6.45, 7) is 4.14. The van der Waals surface area contributed by atoms with Crippen LogP contribution in [0, 0.1) is 5.92 Å². The predicted molar refractivity (Wildman–Crippen MR) is 45.4 cm³/mol. The van der Waals surface area contributed by atoms with Gasteiger partial charge in [0.25, 0.3) is 0 Å². The van der Waals surface area contributed by atoms with Crippen LogP contribution in [-0.4, -0.2) is 20.1 Å². The van der Waals surface area contributed by atoms with Crippen molar-refractivity contribution in [3.8, 4) is 0 Å². The monoisotopic (exact) mass is 169 g/mol. The van der Waals surface area contributed by atoms with Crippen LogP contribution in [0.3, 0.4) is 0 Å². The van der Waals surface area contributed by atoms with Gasteiger partial charge in [-0.05, 0) is 12.3 Å². The van der Waals surface area contributed by atoms with Gasteiger partial charge in [-0.15, -0.1) is 0 Å². The van der Waals surface area contributed by atoms with Crippen LogP contribution in [0.5, 0.6) is 0 Å². The average Bonchev–Trinajstić information content (AvgIpc) is 2.34. The Hall–Kier alpha value is -0.900. The lowest BCUT2D eigenvalue weighted by molar-refractivity contribution is 0.146. The maximum atomic E-state index is 9.59. The van der Waals surface area contributed by atoms with Gasteiger partial charge in [0.15, 0.2) is 0 Å². The Kier molecular flexibility index (Phi) is 2.81. The highest BCUT2D eigenvalue weighted by molar-refractivity contribution is 4.96. The fraction of sp³-hybridized carbons (Fsp3) is 0.750. The largest absolute Gasteiger partial charge is 0.387 e. The zero-order valence-electron chi connectivity index (χ0n) is 7.73. The molecule has 4 heteroatoms. The molecule has 0 fully saturated rings. The van der Waals surface area contributed by atoms with Crippen molar-refractivity contribution in [2.75, 3.05) is 0 Å². The quantitative estimate of drug-likeness (QED) is 0.731. The van der Waals surface area contributed by atoms with Gasteiger partial charge in [0, 0.05) is 7.05 Å². The van der Waals surface area contributed by atoms with Crippen LogP contribution in [-0.2, 0) is 7.05 Å². The van der Waals surface area contributed by atoms with Crippen molar-refractivity contribution < 1.29 is 5.11 Å². The molecule has 12 heavy (non-hydrogen) atoms. The van der Waals surface area contributed by atoms with E-state index in [2.05, 4.69) is 24.0 Å². The van der Waals surface area contributed by atoms with Crippen molar-refractivity contribution in [3.63, 3.8) is 0 Å². The molecule has 4 nitrogen and oxygen atoms in total. The minimum atomic E-state index is -0.473. The van der Waals surface area contributed by atoms with Crippen molar-refractivity contribution >= 4 is 0 Å². The third-order valence-electron chi connectivity index (χ3n) is 1.65. The second kappa shape index (κ2) is 3.67. The van der Waals surface area contributed by atoms with E-state index in [-0.39, 0.29) is 0 Å². The van der Waals surface area contributed by atoms with Gasteiger partial charge in [-0.25, -0.2) is 0 Å². The van der Waals surface area contributed by atoms with Gasteiger partial charge in [0.1, 0.15) is 5.69 Å². The van der Waals surface area contributed by atoms with E-state index < -0.39 is 6.10 Å². The molecule has 0 aromatic carbocycles. The van der Waals surface area contributed by atoms with Crippen molar-refractivity contribution in [2.24, 2.45) is 13.0 Å². The van der Waals surface area contributed by atoms with Crippen molar-refractivity contribution in [1.29, 1.82) is 0 Å². The SMILES string of the molecule is CC(C)CC(O)c1cnn(C)n1. The number of aliphatic hydroxyl groups is 1. The van der Waals surface area contributed by atoms with Gasteiger partial charge in [0.2, 0.25) is 0 Å². The third kappa shape index (κ3) is 2.30. The first kappa shape index (κ1) is 9.19. The number of aryl methyl sites for hydroxylation is 1. The second-order valence-electron chi connectivity index (χ2n) is 3.40. The summed E-state index contributed by atoms with van der Waals surface area (Å²) in [6.07, 6.45) is 1.87. The first-order valence-electron chi connectivity index (χ1n) is 4.14. The highest BCUT2D eigenvalue weighted by Gasteiger charge is 2.12. The summed E-state index contributed by atoms with van der Waals surface area (Å²) in [7, 11) is 1.74. The highest BCUT2D eigenvalue weighted by Crippen LogP contribution is 2.17. The Balaban J connectivity index is 2.58. The first-order chi connectivity index (χ1) is 5.59. The normalized spacial score (nSPS) is 13.8. The zero-order valence-corrected chi connectivity index (χ0v) is 7.73. The molecule has 0 aliphatic heterocycles. The Morgan fingerprint density at radius 3 is 2.67 bits per heavy atom. The first-order valence-corrected chi connectivity index (χ1v) is 4.14. The van der Waals surface area contributed by atoms with Crippen molar-refractivity contribution in [3.05, 3.63) is 11.9 Å². The van der Waals surface area contributed by atoms with Crippen LogP contribution >= 0.6 is 0 Å². The van der Waals surface area contributed by atoms with Gasteiger partial charge < -0.3 is 5.11 Å². The number of hydrogen-bond donors (Lipinski definition) is 1. The van der Waals surface area contributed by atoms with Gasteiger partial charge in [-0.3, -0.25) is 0 Å². The third-order valence-corrected chi connectivity index (χ3v) is 1.65. The number of rotatable bonds is 3. The summed E-state index contributed by atoms with van der Waals surface area (Å²) in [5.41, 5.74) is 0.659. The summed E-state index contributed by atoms with van der Waals surface area (Å²) in [5.74, 6) is 0.474. The molecule has 68 valence electrons. The smallest absolute Gasteiger partial charge is 0.111 e. The summed E-state index contributed by atoms with van der Waals surface area (Å²) >= 11 is 0. The maximum Gasteiger partial charge on any atom is 0.111 e. The van der Waals surface area contributed by atoms with Crippen LogP contribution in [0.1, 0.15) is 32.1 Å². The molecule has 1 unspecified atom stereocenters. The van der Waals surface area contributed by atoms with E-state index in [9.17, 15) is 5.11 Å². The Morgan fingerprint density at radius 2 is 2.25 bits per heavy atom. The molecule has 1 atom stereocenters. The summed E-state index contributed by atoms with van der Waals surface area (Å²) in [5, 5.41) is 17.5. The molecule has 1 aromatic rings. The minimum absolute atomic E-state index is 0.473. The second-order valence-corrected chi connectivity index (χ2v) is 3.40. The average molecular weight is 169 g/mol. The highest BCUT2D eigenvalue weighted by atomic mass is 16.3. The molecule has 0 amide bonds. The van der Waals surface area contributed by atoms with Gasteiger partial charge in [0.05, 0.1) is 12.3 Å². The molecule has 0 aliphatic rings. The number of hydrogen-bond acceptors (Lipinski definition) is 3. The molecule has 0 saturated heterocycles. The molecule has 0 bridgehead atoms. The van der Waals surface area contributed by atoms with Crippen molar-refractivity contribution in [2.45, 2.75) is 26.4 Å². The standard InChI is InChI=1S/C8H15N3O/c1-6(2)4-8(12)7-5-9-11(3)10-7/h5-6,8,12H,4H2,1-3H3. The summed E-state index contributed by atoms with van der Waals surface area (Å²) in [6, 6.07) is 0. The van der Waals surface area contributed by atoms with E-state index in [1.807, 2.05) is 0 Å². The lowest BCUT2D eigenvalue weighted by Crippen LogP contribution is -2.03. The zero-order chi connectivity index (χ0) is 9.14. The van der Waals surface area contributed by atoms with Gasteiger partial charge in [-0.1, -0.05) is 13.8 Å². The molecule has 0 aliphatic carbocycles. The molecule has 1 rings (SSSR count). The summed E-state index contributed by atoms with van der Waals surface area (Å²) in [4.78, 5) is 1.46. The van der Waals surface area contributed by atoms with E-state index in [0.29, 0.717) is 11.6 Å². The molecular weight excluding hydrogens is 154 g/mol. The molecule has 0 spiro atoms. The molecular formula is C8H15N3O. The topological polar surface area (TPSA) is 50.9 Å². The Labute approximate surface area is 72.2 Å². The molecule has 1 N–H and O–H groups in total. The van der Waals surface area contributed by atoms with E-state index in [0.717, 1.165) is 6.42 Å². The Bertz CT molecular complexity index is 244. The summed E-state index contributed by atoms with van der Waals surface area (Å²) < 4.78 is 0. The van der Waals surface area contributed by atoms with Crippen molar-refractivity contribution in [1.82, 2.24) is 15.0 Å². The predicted octanol–water partition coefficient (Wildman–Crippen LogP) is 0.895. The van der Waals surface area contributed by atoms with Crippen LogP contribution < -0.4 is 0 Å². The molecule has 0 radical (unpaired) electrons. The fourth-order valence-electron chi connectivity index (χ4n) is 1.08. The van der Waals surface area contributed by atoms with E-state index in [1.165, 1.54) is 4.80 Å². The number of aliphatic hydroxyl groups excluding tert-OH is 1. The van der Waals surface area contributed by atoms with Crippen LogP contribution in [0.25, 0.3) is 0 Å². The van der Waals surface area contributed by atoms with E-state index >= 15 is 0 Å². The number of aromatic nitrogens is 3. The fourth-order valence-corrected chi connectivity index (χ4v) is 1.08. The van der Waals surface area contributed by atoms with Crippen LogP contribution in [0.2, 0.25) is 0 Å². The molecule has 1 aromatic heterocycles.